The summed E-state index contributed by atoms with van der Waals surface area (Å²) < 4.78 is 7.96. The van der Waals surface area contributed by atoms with Gasteiger partial charge in [0.2, 0.25) is 0 Å². The van der Waals surface area contributed by atoms with Gasteiger partial charge in [-0.3, -0.25) is 4.68 Å². The first-order valence-electron chi connectivity index (χ1n) is 8.17. The van der Waals surface area contributed by atoms with Crippen LogP contribution in [0, 0.1) is 6.92 Å². The number of aromatic nitrogens is 2. The molecule has 2 rings (SSSR count). The third-order valence-electron chi connectivity index (χ3n) is 4.07. The predicted octanol–water partition coefficient (Wildman–Crippen LogP) is 2.01. The first-order chi connectivity index (χ1) is 10.0. The molecule has 1 aliphatic rings. The van der Waals surface area contributed by atoms with Crippen molar-refractivity contribution in [2.24, 2.45) is 12.8 Å². The van der Waals surface area contributed by atoms with E-state index in [9.17, 15) is 0 Å². The molecule has 2 heterocycles. The van der Waals surface area contributed by atoms with E-state index < -0.39 is 0 Å². The van der Waals surface area contributed by atoms with E-state index in [2.05, 4.69) is 30.8 Å². The lowest BCUT2D eigenvalue weighted by Crippen LogP contribution is -2.41. The molecule has 2 unspecified atom stereocenters. The molecule has 5 nitrogen and oxygen atoms in total. The van der Waals surface area contributed by atoms with Crippen LogP contribution in [0.4, 0.5) is 5.82 Å². The Morgan fingerprint density at radius 2 is 2.24 bits per heavy atom. The molecule has 120 valence electrons. The van der Waals surface area contributed by atoms with Gasteiger partial charge in [-0.15, -0.1) is 0 Å². The zero-order valence-electron chi connectivity index (χ0n) is 13.9. The number of piperidine rings is 1. The lowest BCUT2D eigenvalue weighted by atomic mass is 10.0. The highest BCUT2D eigenvalue weighted by Crippen LogP contribution is 2.28. The van der Waals surface area contributed by atoms with Crippen molar-refractivity contribution >= 4 is 5.82 Å². The van der Waals surface area contributed by atoms with Gasteiger partial charge in [-0.1, -0.05) is 6.92 Å². The Kier molecular flexibility index (Phi) is 5.65. The van der Waals surface area contributed by atoms with Crippen molar-refractivity contribution < 1.29 is 4.74 Å². The normalized spacial score (nSPS) is 20.8. The highest BCUT2D eigenvalue weighted by atomic mass is 16.5. The van der Waals surface area contributed by atoms with Crippen LogP contribution in [0.5, 0.6) is 0 Å². The Morgan fingerprint density at radius 1 is 1.48 bits per heavy atom. The Bertz CT molecular complexity index is 455. The molecule has 0 aliphatic carbocycles. The summed E-state index contributed by atoms with van der Waals surface area (Å²) in [6.45, 7) is 9.19. The van der Waals surface area contributed by atoms with Crippen LogP contribution in [-0.2, 0) is 18.2 Å². The van der Waals surface area contributed by atoms with E-state index in [4.69, 9.17) is 10.5 Å². The summed E-state index contributed by atoms with van der Waals surface area (Å²) in [5, 5.41) is 4.61. The topological polar surface area (TPSA) is 56.3 Å². The smallest absolute Gasteiger partial charge is 0.130 e. The monoisotopic (exact) mass is 294 g/mol. The fourth-order valence-electron chi connectivity index (χ4n) is 3.20. The molecule has 1 aromatic rings. The number of nitrogens with two attached hydrogens (primary N) is 1. The lowest BCUT2D eigenvalue weighted by Gasteiger charge is -2.34. The van der Waals surface area contributed by atoms with Gasteiger partial charge in [0.15, 0.2) is 0 Å². The second kappa shape index (κ2) is 7.27. The Balaban J connectivity index is 2.16. The van der Waals surface area contributed by atoms with Crippen LogP contribution in [0.25, 0.3) is 0 Å². The molecule has 2 N–H and O–H groups in total. The summed E-state index contributed by atoms with van der Waals surface area (Å²) >= 11 is 0. The lowest BCUT2D eigenvalue weighted by molar-refractivity contribution is 0.0437. The van der Waals surface area contributed by atoms with E-state index in [0.717, 1.165) is 44.7 Å². The number of anilines is 1. The summed E-state index contributed by atoms with van der Waals surface area (Å²) in [5.74, 6) is 1.23. The van der Waals surface area contributed by atoms with E-state index in [0.29, 0.717) is 6.10 Å². The Hall–Kier alpha value is -1.07. The van der Waals surface area contributed by atoms with Crippen LogP contribution in [0.3, 0.4) is 0 Å². The minimum absolute atomic E-state index is 0.156. The van der Waals surface area contributed by atoms with Crippen molar-refractivity contribution in [3.63, 3.8) is 0 Å². The first kappa shape index (κ1) is 16.3. The number of aryl methyl sites for hydroxylation is 2. The van der Waals surface area contributed by atoms with Gasteiger partial charge in [0.05, 0.1) is 11.8 Å². The van der Waals surface area contributed by atoms with Crippen LogP contribution in [0.1, 0.15) is 44.4 Å². The van der Waals surface area contributed by atoms with E-state index >= 15 is 0 Å². The average molecular weight is 294 g/mol. The molecule has 1 aromatic heterocycles. The van der Waals surface area contributed by atoms with Gasteiger partial charge in [-0.25, -0.2) is 0 Å². The van der Waals surface area contributed by atoms with E-state index in [1.165, 1.54) is 17.8 Å². The van der Waals surface area contributed by atoms with Gasteiger partial charge < -0.3 is 15.4 Å². The minimum Gasteiger partial charge on any atom is -0.376 e. The van der Waals surface area contributed by atoms with Crippen molar-refractivity contribution in [2.45, 2.75) is 58.6 Å². The molecule has 5 heteroatoms. The van der Waals surface area contributed by atoms with Crippen molar-refractivity contribution in [2.75, 3.05) is 24.6 Å². The van der Waals surface area contributed by atoms with Gasteiger partial charge in [-0.05, 0) is 39.5 Å². The third-order valence-corrected chi connectivity index (χ3v) is 4.07. The van der Waals surface area contributed by atoms with Gasteiger partial charge in [0.1, 0.15) is 5.82 Å². The average Bonchev–Trinajstić information content (AvgIpc) is 2.70. The number of nitrogens with zero attached hydrogens (tertiary/aromatic N) is 3. The molecule has 0 amide bonds. The molecule has 2 atom stereocenters. The highest BCUT2D eigenvalue weighted by molar-refractivity contribution is 5.51. The second-order valence-electron chi connectivity index (χ2n) is 6.27. The van der Waals surface area contributed by atoms with Crippen LogP contribution in [0.15, 0.2) is 0 Å². The number of hydrogen-bond donors (Lipinski definition) is 1. The van der Waals surface area contributed by atoms with Crippen LogP contribution < -0.4 is 10.6 Å². The van der Waals surface area contributed by atoms with Gasteiger partial charge in [0, 0.05) is 38.3 Å². The largest absolute Gasteiger partial charge is 0.376 e. The summed E-state index contributed by atoms with van der Waals surface area (Å²) in [7, 11) is 2.03. The maximum absolute atomic E-state index is 6.01. The number of rotatable bonds is 6. The summed E-state index contributed by atoms with van der Waals surface area (Å²) in [5.41, 5.74) is 8.41. The molecular weight excluding hydrogens is 264 g/mol. The molecule has 0 saturated carbocycles. The van der Waals surface area contributed by atoms with E-state index in [1.807, 2.05) is 11.7 Å². The first-order valence-corrected chi connectivity index (χ1v) is 8.17. The molecule has 0 bridgehead atoms. The van der Waals surface area contributed by atoms with Crippen LogP contribution in [0.2, 0.25) is 0 Å². The number of hydrogen-bond acceptors (Lipinski definition) is 4. The van der Waals surface area contributed by atoms with E-state index in [1.54, 1.807) is 0 Å². The fourth-order valence-corrected chi connectivity index (χ4v) is 3.20. The highest BCUT2D eigenvalue weighted by Gasteiger charge is 2.26. The van der Waals surface area contributed by atoms with Crippen molar-refractivity contribution in [3.05, 3.63) is 11.3 Å². The molecule has 1 aliphatic heterocycles. The summed E-state index contributed by atoms with van der Waals surface area (Å²) in [4.78, 5) is 2.43. The standard InChI is InChI=1S/C16H30N4O/c1-5-9-21-14-7-6-8-20(11-14)16-15(10-12(2)17)13(3)18-19(16)4/h12,14H,5-11,17H2,1-4H3. The molecule has 1 saturated heterocycles. The maximum atomic E-state index is 6.01. The molecule has 0 spiro atoms. The van der Waals surface area contributed by atoms with Crippen molar-refractivity contribution in [3.8, 4) is 0 Å². The predicted molar refractivity (Wildman–Crippen MR) is 86.8 cm³/mol. The minimum atomic E-state index is 0.156. The second-order valence-corrected chi connectivity index (χ2v) is 6.27. The van der Waals surface area contributed by atoms with Crippen molar-refractivity contribution in [1.82, 2.24) is 9.78 Å². The van der Waals surface area contributed by atoms with Gasteiger partial charge in [-0.2, -0.15) is 5.10 Å². The third kappa shape index (κ3) is 3.98. The SMILES string of the molecule is CCCOC1CCCN(c2c(CC(C)N)c(C)nn2C)C1. The molecule has 21 heavy (non-hydrogen) atoms. The Labute approximate surface area is 128 Å². The van der Waals surface area contributed by atoms with E-state index in [-0.39, 0.29) is 6.04 Å². The molecule has 0 aromatic carbocycles. The summed E-state index contributed by atoms with van der Waals surface area (Å²) in [6, 6.07) is 0.156. The molecule has 0 radical (unpaired) electrons. The summed E-state index contributed by atoms with van der Waals surface area (Å²) in [6.07, 6.45) is 4.65. The van der Waals surface area contributed by atoms with Gasteiger partial charge >= 0.3 is 0 Å². The van der Waals surface area contributed by atoms with Gasteiger partial charge in [0.25, 0.3) is 0 Å². The quantitative estimate of drug-likeness (QED) is 0.872. The molecular formula is C16H30N4O. The molecule has 1 fully saturated rings. The maximum Gasteiger partial charge on any atom is 0.130 e. The zero-order chi connectivity index (χ0) is 15.4. The zero-order valence-corrected chi connectivity index (χ0v) is 13.9. The van der Waals surface area contributed by atoms with Crippen LogP contribution >= 0.6 is 0 Å². The fraction of sp³-hybridized carbons (Fsp3) is 0.812. The van der Waals surface area contributed by atoms with Crippen molar-refractivity contribution in [1.29, 1.82) is 0 Å². The number of ether oxygens (including phenoxy) is 1. The van der Waals surface area contributed by atoms with Crippen LogP contribution in [-0.4, -0.2) is 41.6 Å². The Morgan fingerprint density at radius 3 is 2.90 bits per heavy atom.